The fraction of sp³-hybridized carbons (Fsp3) is 0. The van der Waals surface area contributed by atoms with Gasteiger partial charge in [-0.15, -0.1) is 0 Å². The number of rotatable bonds is 3. The molecule has 0 saturated carbocycles. The van der Waals surface area contributed by atoms with Gasteiger partial charge in [-0.2, -0.15) is 0 Å². The summed E-state index contributed by atoms with van der Waals surface area (Å²) in [5.74, 6) is -0.227. The Morgan fingerprint density at radius 3 is 2.64 bits per heavy atom. The van der Waals surface area contributed by atoms with Crippen LogP contribution in [0.3, 0.4) is 0 Å². The van der Waals surface area contributed by atoms with Gasteiger partial charge in [0.15, 0.2) is 5.11 Å². The molecule has 0 atom stereocenters. The summed E-state index contributed by atoms with van der Waals surface area (Å²) >= 11 is 5.20. The average Bonchev–Trinajstić information content (AvgIpc) is 3.12. The van der Waals surface area contributed by atoms with Crippen molar-refractivity contribution in [3.05, 3.63) is 84.2 Å². The Balaban J connectivity index is 1.48. The number of nitrogens with one attached hydrogen (secondary N) is 3. The maximum Gasteiger partial charge on any atom is 0.257 e. The summed E-state index contributed by atoms with van der Waals surface area (Å²) in [5, 5.41) is 5.63. The van der Waals surface area contributed by atoms with E-state index in [1.807, 2.05) is 48.5 Å². The van der Waals surface area contributed by atoms with E-state index >= 15 is 0 Å². The maximum atomic E-state index is 13.3. The fourth-order valence-electron chi connectivity index (χ4n) is 2.80. The normalized spacial score (nSPS) is 10.6. The first-order valence-corrected chi connectivity index (χ1v) is 8.92. The van der Waals surface area contributed by atoms with Gasteiger partial charge in [-0.1, -0.05) is 30.3 Å². The summed E-state index contributed by atoms with van der Waals surface area (Å²) in [6.45, 7) is 0. The van der Waals surface area contributed by atoms with E-state index in [0.717, 1.165) is 28.5 Å². The van der Waals surface area contributed by atoms with Gasteiger partial charge < -0.3 is 10.3 Å². The molecule has 1 aromatic heterocycles. The number of amides is 1. The second-order valence-corrected chi connectivity index (χ2v) is 6.51. The van der Waals surface area contributed by atoms with E-state index in [1.54, 1.807) is 0 Å². The largest absolute Gasteiger partial charge is 0.338 e. The van der Waals surface area contributed by atoms with Crippen LogP contribution < -0.4 is 10.6 Å². The lowest BCUT2D eigenvalue weighted by molar-refractivity contribution is 0.0977. The lowest BCUT2D eigenvalue weighted by Crippen LogP contribution is -2.34. The Morgan fingerprint density at radius 2 is 1.82 bits per heavy atom. The van der Waals surface area contributed by atoms with Crippen molar-refractivity contribution < 1.29 is 9.18 Å². The highest BCUT2D eigenvalue weighted by Crippen LogP contribution is 2.23. The van der Waals surface area contributed by atoms with Gasteiger partial charge in [0.2, 0.25) is 0 Å². The number of hydrogen-bond acceptors (Lipinski definition) is 3. The van der Waals surface area contributed by atoms with Crippen LogP contribution >= 0.6 is 12.2 Å². The zero-order valence-corrected chi connectivity index (χ0v) is 15.4. The summed E-state index contributed by atoms with van der Waals surface area (Å²) < 4.78 is 13.3. The number of hydrogen-bond donors (Lipinski definition) is 3. The Morgan fingerprint density at radius 1 is 1.00 bits per heavy atom. The molecule has 3 aromatic carbocycles. The SMILES string of the molecule is O=C(NC(=S)Nc1cccc(-c2nc3ccccc3[nH]2)c1)c1cccc(F)c1. The zero-order chi connectivity index (χ0) is 19.5. The molecule has 0 radical (unpaired) electrons. The number of H-pyrrole nitrogens is 1. The molecule has 0 saturated heterocycles. The second-order valence-electron chi connectivity index (χ2n) is 6.10. The average molecular weight is 390 g/mol. The molecule has 0 aliphatic rings. The van der Waals surface area contributed by atoms with Crippen molar-refractivity contribution in [2.24, 2.45) is 0 Å². The molecule has 1 amide bonds. The summed E-state index contributed by atoms with van der Waals surface area (Å²) in [6, 6.07) is 20.7. The zero-order valence-electron chi connectivity index (χ0n) is 14.6. The van der Waals surface area contributed by atoms with Gasteiger partial charge in [-0.3, -0.25) is 10.1 Å². The Labute approximate surface area is 165 Å². The Kier molecular flexibility index (Phi) is 4.82. The topological polar surface area (TPSA) is 69.8 Å². The number of carbonyl (C=O) groups is 1. The number of thiocarbonyl (C=S) groups is 1. The van der Waals surface area contributed by atoms with Gasteiger partial charge in [0.05, 0.1) is 11.0 Å². The van der Waals surface area contributed by atoms with E-state index in [9.17, 15) is 9.18 Å². The highest BCUT2D eigenvalue weighted by molar-refractivity contribution is 7.80. The first-order valence-electron chi connectivity index (χ1n) is 8.51. The van der Waals surface area contributed by atoms with Gasteiger partial charge in [0.1, 0.15) is 11.6 Å². The third-order valence-corrected chi connectivity index (χ3v) is 4.30. The predicted molar refractivity (Wildman–Crippen MR) is 112 cm³/mol. The van der Waals surface area contributed by atoms with Crippen LogP contribution in [0.15, 0.2) is 72.8 Å². The Bertz CT molecular complexity index is 1150. The van der Waals surface area contributed by atoms with Crippen LogP contribution in [0.2, 0.25) is 0 Å². The first-order chi connectivity index (χ1) is 13.6. The smallest absolute Gasteiger partial charge is 0.257 e. The quantitative estimate of drug-likeness (QED) is 0.451. The van der Waals surface area contributed by atoms with E-state index < -0.39 is 11.7 Å². The molecule has 7 heteroatoms. The number of para-hydroxylation sites is 2. The van der Waals surface area contributed by atoms with Gasteiger partial charge in [0.25, 0.3) is 5.91 Å². The van der Waals surface area contributed by atoms with Crippen molar-refractivity contribution in [1.29, 1.82) is 0 Å². The van der Waals surface area contributed by atoms with Crippen LogP contribution in [0, 0.1) is 5.82 Å². The van der Waals surface area contributed by atoms with Crippen LogP contribution in [0.5, 0.6) is 0 Å². The van der Waals surface area contributed by atoms with Crippen LogP contribution in [0.1, 0.15) is 10.4 Å². The first kappa shape index (κ1) is 17.8. The maximum absolute atomic E-state index is 13.3. The molecular weight excluding hydrogens is 375 g/mol. The molecule has 4 aromatic rings. The van der Waals surface area contributed by atoms with Crippen molar-refractivity contribution >= 4 is 40.0 Å². The number of imidazole rings is 1. The van der Waals surface area contributed by atoms with E-state index in [0.29, 0.717) is 5.69 Å². The number of anilines is 1. The van der Waals surface area contributed by atoms with Gasteiger partial charge in [-0.05, 0) is 54.7 Å². The van der Waals surface area contributed by atoms with Crippen LogP contribution in [0.4, 0.5) is 10.1 Å². The van der Waals surface area contributed by atoms with Crippen molar-refractivity contribution in [3.8, 4) is 11.4 Å². The van der Waals surface area contributed by atoms with Crippen molar-refractivity contribution in [2.45, 2.75) is 0 Å². The van der Waals surface area contributed by atoms with Crippen molar-refractivity contribution in [2.75, 3.05) is 5.32 Å². The van der Waals surface area contributed by atoms with E-state index in [-0.39, 0.29) is 10.7 Å². The number of fused-ring (bicyclic) bond motifs is 1. The number of benzene rings is 3. The standard InChI is InChI=1S/C21H15FN4OS/c22-15-7-3-6-14(11-15)20(27)26-21(28)23-16-8-4-5-13(12-16)19-24-17-9-1-2-10-18(17)25-19/h1-12H,(H,24,25)(H2,23,26,27,28). The predicted octanol–water partition coefficient (Wildman–Crippen LogP) is 4.50. The molecule has 0 aliphatic carbocycles. The van der Waals surface area contributed by atoms with Gasteiger partial charge in [-0.25, -0.2) is 9.37 Å². The van der Waals surface area contributed by atoms with E-state index in [1.165, 1.54) is 18.2 Å². The van der Waals surface area contributed by atoms with Crippen LogP contribution in [0.25, 0.3) is 22.4 Å². The molecule has 3 N–H and O–H groups in total. The molecule has 0 bridgehead atoms. The molecule has 0 aliphatic heterocycles. The number of nitrogens with zero attached hydrogens (tertiary/aromatic N) is 1. The molecule has 4 rings (SSSR count). The molecule has 138 valence electrons. The third-order valence-electron chi connectivity index (χ3n) is 4.10. The van der Waals surface area contributed by atoms with Gasteiger partial charge >= 0.3 is 0 Å². The molecule has 0 spiro atoms. The summed E-state index contributed by atoms with van der Waals surface area (Å²) in [6.07, 6.45) is 0. The molecule has 5 nitrogen and oxygen atoms in total. The Hall–Kier alpha value is -3.58. The second kappa shape index (κ2) is 7.58. The molecular formula is C21H15FN4OS. The highest BCUT2D eigenvalue weighted by atomic mass is 32.1. The fourth-order valence-corrected chi connectivity index (χ4v) is 3.01. The third kappa shape index (κ3) is 3.89. The molecule has 28 heavy (non-hydrogen) atoms. The summed E-state index contributed by atoms with van der Waals surface area (Å²) in [5.41, 5.74) is 3.60. The summed E-state index contributed by atoms with van der Waals surface area (Å²) in [7, 11) is 0. The van der Waals surface area contributed by atoms with Crippen molar-refractivity contribution in [3.63, 3.8) is 0 Å². The minimum atomic E-state index is -0.481. The lowest BCUT2D eigenvalue weighted by atomic mass is 10.2. The molecule has 0 unspecified atom stereocenters. The molecule has 0 fully saturated rings. The summed E-state index contributed by atoms with van der Waals surface area (Å²) in [4.78, 5) is 20.0. The molecule has 1 heterocycles. The number of aromatic nitrogens is 2. The van der Waals surface area contributed by atoms with Crippen LogP contribution in [-0.4, -0.2) is 21.0 Å². The minimum Gasteiger partial charge on any atom is -0.338 e. The lowest BCUT2D eigenvalue weighted by Gasteiger charge is -2.10. The van der Waals surface area contributed by atoms with Crippen LogP contribution in [-0.2, 0) is 0 Å². The number of aromatic amines is 1. The van der Waals surface area contributed by atoms with Gasteiger partial charge in [0, 0.05) is 16.8 Å². The minimum absolute atomic E-state index is 0.121. The number of halogens is 1. The van der Waals surface area contributed by atoms with E-state index in [2.05, 4.69) is 20.6 Å². The van der Waals surface area contributed by atoms with E-state index in [4.69, 9.17) is 12.2 Å². The monoisotopic (exact) mass is 390 g/mol. The highest BCUT2D eigenvalue weighted by Gasteiger charge is 2.10. The van der Waals surface area contributed by atoms with Crippen molar-refractivity contribution in [1.82, 2.24) is 15.3 Å². The number of carbonyl (C=O) groups excluding carboxylic acids is 1.